The van der Waals surface area contributed by atoms with Gasteiger partial charge in [-0.15, -0.1) is 0 Å². The predicted octanol–water partition coefficient (Wildman–Crippen LogP) is 0.820. The maximum Gasteiger partial charge on any atom is 0.0220 e. The zero-order chi connectivity index (χ0) is 11.4. The highest BCUT2D eigenvalue weighted by molar-refractivity contribution is 4.81. The number of likely N-dealkylation sites (tertiary alicyclic amines) is 1. The highest BCUT2D eigenvalue weighted by Crippen LogP contribution is 2.21. The van der Waals surface area contributed by atoms with Crippen LogP contribution in [0.15, 0.2) is 0 Å². The monoisotopic (exact) mass is 213 g/mol. The number of piperidine rings is 1. The second kappa shape index (κ2) is 5.83. The fourth-order valence-electron chi connectivity index (χ4n) is 2.61. The first-order chi connectivity index (χ1) is 6.99. The minimum atomic E-state index is 0.762. The smallest absolute Gasteiger partial charge is 0.0220 e. The molecule has 1 saturated heterocycles. The van der Waals surface area contributed by atoms with E-state index in [-0.39, 0.29) is 0 Å². The summed E-state index contributed by atoms with van der Waals surface area (Å²) in [4.78, 5) is 7.15. The third-order valence-electron chi connectivity index (χ3n) is 3.28. The van der Waals surface area contributed by atoms with E-state index in [2.05, 4.69) is 49.9 Å². The third kappa shape index (κ3) is 4.49. The molecule has 15 heavy (non-hydrogen) atoms. The minimum Gasteiger partial charge on any atom is -0.309 e. The molecule has 3 nitrogen and oxygen atoms in total. The van der Waals surface area contributed by atoms with E-state index in [0.717, 1.165) is 12.0 Å². The molecule has 0 radical (unpaired) electrons. The van der Waals surface area contributed by atoms with E-state index in [1.807, 2.05) is 0 Å². The van der Waals surface area contributed by atoms with Crippen molar-refractivity contribution in [3.63, 3.8) is 0 Å². The van der Waals surface area contributed by atoms with Gasteiger partial charge in [-0.3, -0.25) is 0 Å². The lowest BCUT2D eigenvalue weighted by Gasteiger charge is -2.39. The van der Waals surface area contributed by atoms with Gasteiger partial charge in [0.05, 0.1) is 0 Å². The molecule has 1 heterocycles. The predicted molar refractivity (Wildman–Crippen MR) is 66.3 cm³/mol. The van der Waals surface area contributed by atoms with Gasteiger partial charge in [0, 0.05) is 25.7 Å². The maximum atomic E-state index is 2.54. The molecule has 2 unspecified atom stereocenters. The van der Waals surface area contributed by atoms with Crippen molar-refractivity contribution in [2.75, 3.05) is 54.9 Å². The summed E-state index contributed by atoms with van der Waals surface area (Å²) in [6, 6.07) is 0.762. The Bertz CT molecular complexity index is 180. The van der Waals surface area contributed by atoms with E-state index in [1.54, 1.807) is 0 Å². The van der Waals surface area contributed by atoms with E-state index in [1.165, 1.54) is 32.5 Å². The standard InChI is InChI=1S/C12H27N3/c1-13(2)8-11-6-7-12(10-14(3)4)15(5)9-11/h11-12H,6-10H2,1-5H3. The first-order valence-corrected chi connectivity index (χ1v) is 5.98. The molecule has 90 valence electrons. The average Bonchev–Trinajstić information content (AvgIpc) is 2.08. The van der Waals surface area contributed by atoms with Gasteiger partial charge in [-0.25, -0.2) is 0 Å². The second-order valence-corrected chi connectivity index (χ2v) is 5.56. The van der Waals surface area contributed by atoms with Crippen molar-refractivity contribution in [2.45, 2.75) is 18.9 Å². The number of likely N-dealkylation sites (N-methyl/N-ethyl adjacent to an activating group) is 2. The van der Waals surface area contributed by atoms with Crippen molar-refractivity contribution in [3.8, 4) is 0 Å². The highest BCUT2D eigenvalue weighted by Gasteiger charge is 2.25. The molecule has 0 saturated carbocycles. The number of hydrogen-bond acceptors (Lipinski definition) is 3. The SMILES string of the molecule is CN(C)CC1CCC(CN(C)C)N(C)C1. The van der Waals surface area contributed by atoms with E-state index >= 15 is 0 Å². The quantitative estimate of drug-likeness (QED) is 0.684. The molecule has 0 aromatic rings. The molecule has 0 aromatic carbocycles. The van der Waals surface area contributed by atoms with E-state index in [0.29, 0.717) is 0 Å². The summed E-state index contributed by atoms with van der Waals surface area (Å²) in [7, 11) is 11.0. The van der Waals surface area contributed by atoms with Gasteiger partial charge in [0.1, 0.15) is 0 Å². The lowest BCUT2D eigenvalue weighted by molar-refractivity contribution is 0.101. The van der Waals surface area contributed by atoms with Crippen LogP contribution in [0.2, 0.25) is 0 Å². The Morgan fingerprint density at radius 2 is 1.60 bits per heavy atom. The zero-order valence-electron chi connectivity index (χ0n) is 11.0. The van der Waals surface area contributed by atoms with Crippen molar-refractivity contribution in [2.24, 2.45) is 5.92 Å². The molecule has 0 aliphatic carbocycles. The molecule has 1 rings (SSSR count). The Kier molecular flexibility index (Phi) is 5.03. The molecule has 0 aromatic heterocycles. The largest absolute Gasteiger partial charge is 0.309 e. The van der Waals surface area contributed by atoms with E-state index < -0.39 is 0 Å². The Morgan fingerprint density at radius 3 is 2.07 bits per heavy atom. The topological polar surface area (TPSA) is 9.72 Å². The molecule has 0 amide bonds. The third-order valence-corrected chi connectivity index (χ3v) is 3.28. The van der Waals surface area contributed by atoms with Crippen LogP contribution in [0.1, 0.15) is 12.8 Å². The van der Waals surface area contributed by atoms with Crippen LogP contribution in [0, 0.1) is 5.92 Å². The van der Waals surface area contributed by atoms with E-state index in [9.17, 15) is 0 Å². The first-order valence-electron chi connectivity index (χ1n) is 5.98. The van der Waals surface area contributed by atoms with Gasteiger partial charge in [-0.2, -0.15) is 0 Å². The zero-order valence-corrected chi connectivity index (χ0v) is 11.0. The summed E-state index contributed by atoms with van der Waals surface area (Å²) in [5.74, 6) is 0.864. The number of nitrogens with zero attached hydrogens (tertiary/aromatic N) is 3. The first kappa shape index (κ1) is 12.9. The van der Waals surface area contributed by atoms with Crippen molar-refractivity contribution in [1.29, 1.82) is 0 Å². The fraction of sp³-hybridized carbons (Fsp3) is 1.00. The van der Waals surface area contributed by atoms with Crippen molar-refractivity contribution < 1.29 is 0 Å². The summed E-state index contributed by atoms with van der Waals surface area (Å²) in [5, 5.41) is 0. The van der Waals surface area contributed by atoms with Gasteiger partial charge in [-0.1, -0.05) is 0 Å². The van der Waals surface area contributed by atoms with Crippen LogP contribution in [0.25, 0.3) is 0 Å². The molecule has 1 aliphatic heterocycles. The van der Waals surface area contributed by atoms with Crippen LogP contribution in [0.4, 0.5) is 0 Å². The molecule has 0 bridgehead atoms. The summed E-state index contributed by atoms with van der Waals surface area (Å²) in [6.45, 7) is 3.70. The van der Waals surface area contributed by atoms with Crippen LogP contribution < -0.4 is 0 Å². The van der Waals surface area contributed by atoms with E-state index in [4.69, 9.17) is 0 Å². The molecule has 1 fully saturated rings. The molecule has 0 spiro atoms. The molecule has 0 N–H and O–H groups in total. The van der Waals surface area contributed by atoms with Crippen LogP contribution in [-0.4, -0.2) is 75.6 Å². The van der Waals surface area contributed by atoms with Crippen LogP contribution in [0.3, 0.4) is 0 Å². The lowest BCUT2D eigenvalue weighted by atomic mass is 9.92. The van der Waals surface area contributed by atoms with Gasteiger partial charge >= 0.3 is 0 Å². The Hall–Kier alpha value is -0.120. The van der Waals surface area contributed by atoms with Gasteiger partial charge in [-0.05, 0) is 54.0 Å². The molecule has 2 atom stereocenters. The summed E-state index contributed by atoms with van der Waals surface area (Å²) < 4.78 is 0. The minimum absolute atomic E-state index is 0.762. The van der Waals surface area contributed by atoms with Crippen LogP contribution in [0.5, 0.6) is 0 Å². The molecular formula is C12H27N3. The molecule has 1 aliphatic rings. The van der Waals surface area contributed by atoms with Crippen molar-refractivity contribution in [1.82, 2.24) is 14.7 Å². The number of hydrogen-bond donors (Lipinski definition) is 0. The highest BCUT2D eigenvalue weighted by atomic mass is 15.2. The van der Waals surface area contributed by atoms with Crippen molar-refractivity contribution in [3.05, 3.63) is 0 Å². The average molecular weight is 213 g/mol. The van der Waals surface area contributed by atoms with Crippen LogP contribution in [-0.2, 0) is 0 Å². The van der Waals surface area contributed by atoms with Gasteiger partial charge in [0.2, 0.25) is 0 Å². The Balaban J connectivity index is 2.34. The van der Waals surface area contributed by atoms with Gasteiger partial charge in [0.15, 0.2) is 0 Å². The summed E-state index contributed by atoms with van der Waals surface area (Å²) in [5.41, 5.74) is 0. The summed E-state index contributed by atoms with van der Waals surface area (Å²) in [6.07, 6.45) is 2.74. The Labute approximate surface area is 95.0 Å². The normalized spacial score (nSPS) is 29.0. The summed E-state index contributed by atoms with van der Waals surface area (Å²) >= 11 is 0. The number of rotatable bonds is 4. The van der Waals surface area contributed by atoms with Gasteiger partial charge in [0.25, 0.3) is 0 Å². The lowest BCUT2D eigenvalue weighted by Crippen LogP contribution is -2.47. The molecule has 3 heteroatoms. The maximum absolute atomic E-state index is 2.54. The van der Waals surface area contributed by atoms with Crippen molar-refractivity contribution >= 4 is 0 Å². The second-order valence-electron chi connectivity index (χ2n) is 5.56. The van der Waals surface area contributed by atoms with Gasteiger partial charge < -0.3 is 14.7 Å². The Morgan fingerprint density at radius 1 is 1.00 bits per heavy atom. The fourth-order valence-corrected chi connectivity index (χ4v) is 2.61. The molecular weight excluding hydrogens is 186 g/mol. The van der Waals surface area contributed by atoms with Crippen LogP contribution >= 0.6 is 0 Å².